The molecule has 0 nitrogen and oxygen atoms in total. The van der Waals surface area contributed by atoms with E-state index in [1.807, 2.05) is 13.8 Å². The molecule has 0 radical (unpaired) electrons. The predicted molar refractivity (Wildman–Crippen MR) is 87.5 cm³/mol. The molecule has 1 saturated carbocycles. The maximum absolute atomic E-state index is 14.0. The van der Waals surface area contributed by atoms with E-state index in [4.69, 9.17) is 0 Å². The van der Waals surface area contributed by atoms with Crippen molar-refractivity contribution in [2.45, 2.75) is 66.5 Å². The predicted octanol–water partition coefficient (Wildman–Crippen LogP) is 6.26. The molecule has 20 heavy (non-hydrogen) atoms. The number of rotatable bonds is 5. The van der Waals surface area contributed by atoms with Crippen LogP contribution in [0.4, 0.5) is 4.39 Å². The van der Waals surface area contributed by atoms with Gasteiger partial charge in [-0.3, -0.25) is 0 Å². The average Bonchev–Trinajstić information content (AvgIpc) is 2.35. The number of alkyl halides is 1. The smallest absolute Gasteiger partial charge is 0.101 e. The van der Waals surface area contributed by atoms with E-state index in [2.05, 4.69) is 45.6 Å². The van der Waals surface area contributed by atoms with Crippen molar-refractivity contribution in [3.8, 4) is 0 Å². The van der Waals surface area contributed by atoms with Gasteiger partial charge in [-0.05, 0) is 62.4 Å². The fraction of sp³-hybridized carbons (Fsp3) is 0.684. The Balaban J connectivity index is 3.13. The van der Waals surface area contributed by atoms with Crippen LogP contribution in [0.2, 0.25) is 0 Å². The third-order valence-corrected chi connectivity index (χ3v) is 4.93. The second kappa shape index (κ2) is 7.24. The third-order valence-electron chi connectivity index (χ3n) is 4.93. The quantitative estimate of drug-likeness (QED) is 0.521. The van der Waals surface area contributed by atoms with Crippen molar-refractivity contribution >= 4 is 0 Å². The van der Waals surface area contributed by atoms with Crippen LogP contribution >= 0.6 is 0 Å². The molecule has 0 amide bonds. The molecule has 4 unspecified atom stereocenters. The molecule has 0 aromatic heterocycles. The van der Waals surface area contributed by atoms with E-state index in [0.717, 1.165) is 24.8 Å². The van der Waals surface area contributed by atoms with Gasteiger partial charge in [-0.1, -0.05) is 51.2 Å². The zero-order valence-corrected chi connectivity index (χ0v) is 13.9. The summed E-state index contributed by atoms with van der Waals surface area (Å²) in [4.78, 5) is 0. The zero-order valence-electron chi connectivity index (χ0n) is 13.9. The van der Waals surface area contributed by atoms with Crippen molar-refractivity contribution in [2.75, 3.05) is 0 Å². The lowest BCUT2D eigenvalue weighted by atomic mass is 9.62. The van der Waals surface area contributed by atoms with Crippen molar-refractivity contribution in [2.24, 2.45) is 17.3 Å². The van der Waals surface area contributed by atoms with Crippen molar-refractivity contribution in [1.29, 1.82) is 0 Å². The van der Waals surface area contributed by atoms with Gasteiger partial charge in [0.15, 0.2) is 0 Å². The Kier molecular flexibility index (Phi) is 6.23. The van der Waals surface area contributed by atoms with Gasteiger partial charge in [0.25, 0.3) is 0 Å². The Labute approximate surface area is 124 Å². The highest BCUT2D eigenvalue weighted by Gasteiger charge is 2.40. The molecule has 1 aliphatic rings. The molecular weight excluding hydrogens is 247 g/mol. The number of allylic oxidation sites excluding steroid dienone is 5. The van der Waals surface area contributed by atoms with E-state index in [-0.39, 0.29) is 5.41 Å². The van der Waals surface area contributed by atoms with E-state index < -0.39 is 6.17 Å². The molecule has 4 atom stereocenters. The van der Waals surface area contributed by atoms with E-state index >= 15 is 0 Å². The summed E-state index contributed by atoms with van der Waals surface area (Å²) in [6.45, 7) is 14.8. The summed E-state index contributed by atoms with van der Waals surface area (Å²) < 4.78 is 14.0. The Morgan fingerprint density at radius 3 is 2.45 bits per heavy atom. The van der Waals surface area contributed by atoms with Crippen molar-refractivity contribution in [3.63, 3.8) is 0 Å². The first-order valence-corrected chi connectivity index (χ1v) is 7.97. The summed E-state index contributed by atoms with van der Waals surface area (Å²) in [6.07, 6.45) is 9.43. The average molecular weight is 278 g/mol. The van der Waals surface area contributed by atoms with Crippen LogP contribution in [-0.4, -0.2) is 6.17 Å². The van der Waals surface area contributed by atoms with Gasteiger partial charge in [-0.15, -0.1) is 0 Å². The van der Waals surface area contributed by atoms with E-state index in [0.29, 0.717) is 18.3 Å². The molecular formula is C19H31F. The summed E-state index contributed by atoms with van der Waals surface area (Å²) in [5.74, 6) is 0.916. The number of hydrogen-bond donors (Lipinski definition) is 0. The summed E-state index contributed by atoms with van der Waals surface area (Å²) >= 11 is 0. The Morgan fingerprint density at radius 1 is 1.35 bits per heavy atom. The molecule has 0 N–H and O–H groups in total. The van der Waals surface area contributed by atoms with E-state index in [9.17, 15) is 4.39 Å². The van der Waals surface area contributed by atoms with Crippen molar-refractivity contribution in [1.82, 2.24) is 0 Å². The van der Waals surface area contributed by atoms with Gasteiger partial charge in [-0.2, -0.15) is 0 Å². The molecule has 0 aromatic carbocycles. The largest absolute Gasteiger partial charge is 0.247 e. The topological polar surface area (TPSA) is 0 Å². The minimum absolute atomic E-state index is 0.0461. The summed E-state index contributed by atoms with van der Waals surface area (Å²) in [5, 5.41) is 0. The fourth-order valence-corrected chi connectivity index (χ4v) is 3.62. The third kappa shape index (κ3) is 4.07. The van der Waals surface area contributed by atoms with Crippen LogP contribution in [0.25, 0.3) is 0 Å². The van der Waals surface area contributed by atoms with Crippen LogP contribution in [0.3, 0.4) is 0 Å². The molecule has 1 rings (SSSR count). The van der Waals surface area contributed by atoms with Gasteiger partial charge < -0.3 is 0 Å². The molecule has 0 saturated heterocycles. The molecule has 1 aliphatic carbocycles. The zero-order chi connectivity index (χ0) is 15.3. The van der Waals surface area contributed by atoms with Gasteiger partial charge in [-0.25, -0.2) is 4.39 Å². The molecule has 114 valence electrons. The number of halogens is 1. The maximum Gasteiger partial charge on any atom is 0.101 e. The Morgan fingerprint density at radius 2 is 2.00 bits per heavy atom. The van der Waals surface area contributed by atoms with Gasteiger partial charge >= 0.3 is 0 Å². The van der Waals surface area contributed by atoms with Crippen LogP contribution in [0.1, 0.15) is 60.3 Å². The Hall–Kier alpha value is -0.850. The summed E-state index contributed by atoms with van der Waals surface area (Å²) in [5.41, 5.74) is 2.42. The lowest BCUT2D eigenvalue weighted by molar-refractivity contribution is 0.0838. The molecule has 1 heteroatoms. The van der Waals surface area contributed by atoms with Crippen LogP contribution in [-0.2, 0) is 0 Å². The SMILES string of the molecule is C=C(C)/C=C(\C=C/C)C(C)(CC)C1CC(C)CC(F)C1. The summed E-state index contributed by atoms with van der Waals surface area (Å²) in [7, 11) is 0. The van der Waals surface area contributed by atoms with Crippen molar-refractivity contribution in [3.05, 3.63) is 36.0 Å². The second-order valence-corrected chi connectivity index (χ2v) is 6.82. The first-order chi connectivity index (χ1) is 9.33. The lowest BCUT2D eigenvalue weighted by Crippen LogP contribution is -2.35. The fourth-order valence-electron chi connectivity index (χ4n) is 3.62. The molecule has 0 aromatic rings. The minimum Gasteiger partial charge on any atom is -0.247 e. The van der Waals surface area contributed by atoms with Gasteiger partial charge in [0, 0.05) is 0 Å². The molecule has 0 aliphatic heterocycles. The first-order valence-electron chi connectivity index (χ1n) is 7.97. The normalized spacial score (nSPS) is 31.3. The van der Waals surface area contributed by atoms with Crippen LogP contribution in [0, 0.1) is 17.3 Å². The van der Waals surface area contributed by atoms with Gasteiger partial charge in [0.05, 0.1) is 0 Å². The summed E-state index contributed by atoms with van der Waals surface area (Å²) in [6, 6.07) is 0. The van der Waals surface area contributed by atoms with Crippen molar-refractivity contribution < 1.29 is 4.39 Å². The van der Waals surface area contributed by atoms with Gasteiger partial charge in [0.2, 0.25) is 0 Å². The highest BCUT2D eigenvalue weighted by atomic mass is 19.1. The first kappa shape index (κ1) is 17.2. The minimum atomic E-state index is -0.633. The van der Waals surface area contributed by atoms with E-state index in [1.165, 1.54) is 5.57 Å². The highest BCUT2D eigenvalue weighted by molar-refractivity contribution is 5.33. The molecule has 0 bridgehead atoms. The molecule has 1 fully saturated rings. The van der Waals surface area contributed by atoms with Gasteiger partial charge in [0.1, 0.15) is 6.17 Å². The van der Waals surface area contributed by atoms with Crippen LogP contribution in [0.15, 0.2) is 36.0 Å². The lowest BCUT2D eigenvalue weighted by Gasteiger charge is -2.43. The molecule has 0 heterocycles. The highest BCUT2D eigenvalue weighted by Crippen LogP contribution is 2.48. The number of hydrogen-bond acceptors (Lipinski definition) is 0. The molecule has 0 spiro atoms. The van der Waals surface area contributed by atoms with Crippen LogP contribution < -0.4 is 0 Å². The van der Waals surface area contributed by atoms with E-state index in [1.54, 1.807) is 0 Å². The standard InChI is InChI=1S/C19H31F/c1-7-9-16(10-14(3)4)19(6,8-2)17-11-15(5)12-18(20)13-17/h7,9-10,15,17-18H,3,8,11-13H2,1-2,4-6H3/b9-7-,16-10+. The van der Waals surface area contributed by atoms with Crippen LogP contribution in [0.5, 0.6) is 0 Å². The monoisotopic (exact) mass is 278 g/mol. The maximum atomic E-state index is 14.0. The second-order valence-electron chi connectivity index (χ2n) is 6.82. The Bertz CT molecular complexity index is 381.